The Morgan fingerprint density at radius 3 is 2.68 bits per heavy atom. The van der Waals surface area contributed by atoms with Crippen LogP contribution < -0.4 is 0 Å². The highest BCUT2D eigenvalue weighted by Gasteiger charge is 2.31. The number of hydrogen-bond acceptors (Lipinski definition) is 4. The Hall–Kier alpha value is -1.85. The van der Waals surface area contributed by atoms with Gasteiger partial charge in [0, 0.05) is 18.5 Å². The van der Waals surface area contributed by atoms with Crippen LogP contribution in [-0.4, -0.2) is 42.3 Å². The van der Waals surface area contributed by atoms with E-state index in [1.165, 1.54) is 0 Å². The predicted octanol–water partition coefficient (Wildman–Crippen LogP) is 1.89. The summed E-state index contributed by atoms with van der Waals surface area (Å²) in [6, 6.07) is 8.62. The third-order valence-corrected chi connectivity index (χ3v) is 3.36. The summed E-state index contributed by atoms with van der Waals surface area (Å²) in [4.78, 5) is 13.4. The number of fused-ring (bicyclic) bond motifs is 1. The van der Waals surface area contributed by atoms with E-state index in [1.54, 1.807) is 0 Å². The van der Waals surface area contributed by atoms with Crippen LogP contribution in [0.2, 0.25) is 0 Å². The minimum absolute atomic E-state index is 0.482. The molecule has 1 fully saturated rings. The van der Waals surface area contributed by atoms with Crippen molar-refractivity contribution in [1.29, 1.82) is 0 Å². The van der Waals surface area contributed by atoms with Gasteiger partial charge in [0.05, 0.1) is 13.2 Å². The molecule has 0 unspecified atom stereocenters. The van der Waals surface area contributed by atoms with E-state index in [4.69, 9.17) is 9.15 Å². The molecule has 2 aromatic rings. The van der Waals surface area contributed by atoms with E-state index in [0.717, 1.165) is 11.0 Å². The van der Waals surface area contributed by atoms with E-state index in [1.807, 2.05) is 35.2 Å². The number of rotatable bonds is 3. The van der Waals surface area contributed by atoms with Crippen molar-refractivity contribution in [1.82, 2.24) is 4.90 Å². The highest BCUT2D eigenvalue weighted by molar-refractivity contribution is 5.81. The first-order valence-corrected chi connectivity index (χ1v) is 6.29. The number of hydrogen-bond donors (Lipinski definition) is 1. The molecule has 0 saturated carbocycles. The molecule has 5 heteroatoms. The van der Waals surface area contributed by atoms with Crippen LogP contribution in [0.25, 0.3) is 11.0 Å². The number of morpholine rings is 1. The van der Waals surface area contributed by atoms with Crippen LogP contribution in [0, 0.1) is 0 Å². The van der Waals surface area contributed by atoms with Crippen molar-refractivity contribution in [3.8, 4) is 0 Å². The van der Waals surface area contributed by atoms with Gasteiger partial charge in [-0.3, -0.25) is 9.69 Å². The van der Waals surface area contributed by atoms with Gasteiger partial charge in [-0.05, 0) is 12.1 Å². The normalized spacial score (nSPS) is 18.5. The molecule has 1 N–H and O–H groups in total. The van der Waals surface area contributed by atoms with Crippen molar-refractivity contribution in [3.63, 3.8) is 0 Å². The first kappa shape index (κ1) is 12.2. The molecule has 5 nitrogen and oxygen atoms in total. The maximum Gasteiger partial charge on any atom is 0.328 e. The molecule has 1 aliphatic rings. The SMILES string of the molecule is O=C(O)[C@H](c1cc2ccccc2o1)N1CCOCC1. The monoisotopic (exact) mass is 261 g/mol. The first-order chi connectivity index (χ1) is 9.25. The summed E-state index contributed by atoms with van der Waals surface area (Å²) in [5.74, 6) is -0.406. The first-order valence-electron chi connectivity index (χ1n) is 6.29. The number of carbonyl (C=O) groups is 1. The van der Waals surface area contributed by atoms with E-state index >= 15 is 0 Å². The van der Waals surface area contributed by atoms with E-state index < -0.39 is 12.0 Å². The van der Waals surface area contributed by atoms with Gasteiger partial charge in [0.2, 0.25) is 0 Å². The molecule has 1 aromatic carbocycles. The number of para-hydroxylation sites is 1. The van der Waals surface area contributed by atoms with E-state index in [9.17, 15) is 9.90 Å². The number of carboxylic acid groups (broad SMARTS) is 1. The average Bonchev–Trinajstić information content (AvgIpc) is 2.82. The zero-order valence-electron chi connectivity index (χ0n) is 10.4. The van der Waals surface area contributed by atoms with Gasteiger partial charge < -0.3 is 14.3 Å². The van der Waals surface area contributed by atoms with Crippen molar-refractivity contribution >= 4 is 16.9 Å². The Kier molecular flexibility index (Phi) is 3.23. The number of benzene rings is 1. The molecular weight excluding hydrogens is 246 g/mol. The van der Waals surface area contributed by atoms with Crippen LogP contribution in [0.1, 0.15) is 11.8 Å². The quantitative estimate of drug-likeness (QED) is 0.914. The van der Waals surface area contributed by atoms with Gasteiger partial charge in [-0.25, -0.2) is 0 Å². The van der Waals surface area contributed by atoms with Crippen molar-refractivity contribution < 1.29 is 19.1 Å². The van der Waals surface area contributed by atoms with Crippen molar-refractivity contribution in [2.45, 2.75) is 6.04 Å². The van der Waals surface area contributed by atoms with E-state index in [2.05, 4.69) is 0 Å². The second kappa shape index (κ2) is 5.03. The zero-order chi connectivity index (χ0) is 13.2. The lowest BCUT2D eigenvalue weighted by Gasteiger charge is -2.30. The Morgan fingerprint density at radius 2 is 2.00 bits per heavy atom. The highest BCUT2D eigenvalue weighted by Crippen LogP contribution is 2.28. The van der Waals surface area contributed by atoms with Crippen LogP contribution in [0.4, 0.5) is 0 Å². The molecule has 0 amide bonds. The van der Waals surface area contributed by atoms with Gasteiger partial charge in [-0.1, -0.05) is 18.2 Å². The number of carboxylic acids is 1. The molecule has 100 valence electrons. The third kappa shape index (κ3) is 2.34. The lowest BCUT2D eigenvalue weighted by Crippen LogP contribution is -2.42. The van der Waals surface area contributed by atoms with Gasteiger partial charge in [0.15, 0.2) is 6.04 Å². The van der Waals surface area contributed by atoms with Gasteiger partial charge >= 0.3 is 5.97 Å². The summed E-state index contributed by atoms with van der Waals surface area (Å²) in [5.41, 5.74) is 0.719. The predicted molar refractivity (Wildman–Crippen MR) is 69.0 cm³/mol. The van der Waals surface area contributed by atoms with E-state index in [-0.39, 0.29) is 0 Å². The summed E-state index contributed by atoms with van der Waals surface area (Å²) in [6.45, 7) is 2.33. The molecule has 19 heavy (non-hydrogen) atoms. The molecule has 1 saturated heterocycles. The highest BCUT2D eigenvalue weighted by atomic mass is 16.5. The summed E-state index contributed by atoms with van der Waals surface area (Å²) < 4.78 is 10.9. The number of ether oxygens (including phenoxy) is 1. The number of aliphatic carboxylic acids is 1. The van der Waals surface area contributed by atoms with E-state index in [0.29, 0.717) is 32.1 Å². The molecule has 1 aromatic heterocycles. The molecule has 3 rings (SSSR count). The molecular formula is C14H15NO4. The Bertz CT molecular complexity index is 553. The fraction of sp³-hybridized carbons (Fsp3) is 0.357. The van der Waals surface area contributed by atoms with Gasteiger partial charge in [-0.15, -0.1) is 0 Å². The van der Waals surface area contributed by atoms with Crippen molar-refractivity contribution in [2.24, 2.45) is 0 Å². The van der Waals surface area contributed by atoms with Crippen molar-refractivity contribution in [3.05, 3.63) is 36.1 Å². The zero-order valence-corrected chi connectivity index (χ0v) is 10.4. The maximum atomic E-state index is 11.5. The number of furan rings is 1. The largest absolute Gasteiger partial charge is 0.480 e. The summed E-state index contributed by atoms with van der Waals surface area (Å²) >= 11 is 0. The molecule has 0 spiro atoms. The molecule has 0 radical (unpaired) electrons. The summed E-state index contributed by atoms with van der Waals surface area (Å²) in [7, 11) is 0. The fourth-order valence-electron chi connectivity index (χ4n) is 2.43. The fourth-order valence-corrected chi connectivity index (χ4v) is 2.43. The second-order valence-electron chi connectivity index (χ2n) is 4.58. The van der Waals surface area contributed by atoms with Crippen LogP contribution in [0.3, 0.4) is 0 Å². The average molecular weight is 261 g/mol. The van der Waals surface area contributed by atoms with Crippen LogP contribution in [-0.2, 0) is 9.53 Å². The summed E-state index contributed by atoms with van der Waals surface area (Å²) in [6.07, 6.45) is 0. The lowest BCUT2D eigenvalue weighted by molar-refractivity contribution is -0.146. The third-order valence-electron chi connectivity index (χ3n) is 3.36. The minimum atomic E-state index is -0.888. The number of nitrogens with zero attached hydrogens (tertiary/aromatic N) is 1. The van der Waals surface area contributed by atoms with Gasteiger partial charge in [-0.2, -0.15) is 0 Å². The standard InChI is InChI=1S/C14H15NO4/c16-14(17)13(15-5-7-18-8-6-15)12-9-10-3-1-2-4-11(10)19-12/h1-4,9,13H,5-8H2,(H,16,17)/t13-/m0/s1. The molecule has 1 aliphatic heterocycles. The van der Waals surface area contributed by atoms with Crippen molar-refractivity contribution in [2.75, 3.05) is 26.3 Å². The lowest BCUT2D eigenvalue weighted by atomic mass is 10.1. The van der Waals surface area contributed by atoms with Crippen LogP contribution in [0.15, 0.2) is 34.7 Å². The van der Waals surface area contributed by atoms with Crippen LogP contribution >= 0.6 is 0 Å². The van der Waals surface area contributed by atoms with Crippen LogP contribution in [0.5, 0.6) is 0 Å². The Balaban J connectivity index is 1.96. The summed E-state index contributed by atoms with van der Waals surface area (Å²) in [5, 5.41) is 10.4. The van der Waals surface area contributed by atoms with Gasteiger partial charge in [0.25, 0.3) is 0 Å². The Labute approximate surface area is 110 Å². The molecule has 1 atom stereocenters. The minimum Gasteiger partial charge on any atom is -0.480 e. The topological polar surface area (TPSA) is 62.9 Å². The van der Waals surface area contributed by atoms with Gasteiger partial charge in [0.1, 0.15) is 11.3 Å². The maximum absolute atomic E-state index is 11.5. The Morgan fingerprint density at radius 1 is 1.26 bits per heavy atom. The molecule has 0 aliphatic carbocycles. The second-order valence-corrected chi connectivity index (χ2v) is 4.58. The smallest absolute Gasteiger partial charge is 0.328 e. The molecule has 0 bridgehead atoms. The molecule has 2 heterocycles.